The Labute approximate surface area is 144 Å². The highest BCUT2D eigenvalue weighted by Gasteiger charge is 2.24. The predicted octanol–water partition coefficient (Wildman–Crippen LogP) is 3.59. The highest BCUT2D eigenvalue weighted by atomic mass is 16.5. The smallest absolute Gasteiger partial charge is 0.226 e. The van der Waals surface area contributed by atoms with Crippen LogP contribution >= 0.6 is 0 Å². The molecule has 5 nitrogen and oxygen atoms in total. The Bertz CT molecular complexity index is 548. The Morgan fingerprint density at radius 1 is 1.21 bits per heavy atom. The summed E-state index contributed by atoms with van der Waals surface area (Å²) in [4.78, 5) is 25.8. The van der Waals surface area contributed by atoms with Crippen LogP contribution in [0.2, 0.25) is 0 Å². The van der Waals surface area contributed by atoms with Gasteiger partial charge in [0.15, 0.2) is 0 Å². The van der Waals surface area contributed by atoms with Crippen LogP contribution in [-0.2, 0) is 9.59 Å². The van der Waals surface area contributed by atoms with Gasteiger partial charge in [0.25, 0.3) is 0 Å². The lowest BCUT2D eigenvalue weighted by Gasteiger charge is -2.27. The topological polar surface area (TPSA) is 58.6 Å². The van der Waals surface area contributed by atoms with E-state index in [-0.39, 0.29) is 17.9 Å². The van der Waals surface area contributed by atoms with Crippen LogP contribution < -0.4 is 10.1 Å². The second kappa shape index (κ2) is 8.71. The van der Waals surface area contributed by atoms with Crippen molar-refractivity contribution in [1.82, 2.24) is 4.90 Å². The van der Waals surface area contributed by atoms with E-state index in [0.29, 0.717) is 19.0 Å². The molecule has 1 fully saturated rings. The van der Waals surface area contributed by atoms with E-state index in [0.717, 1.165) is 24.3 Å². The summed E-state index contributed by atoms with van der Waals surface area (Å²) in [5.74, 6) is 0.772. The molecular weight excluding hydrogens is 304 g/mol. The third kappa shape index (κ3) is 5.55. The lowest BCUT2D eigenvalue weighted by molar-refractivity contribution is -0.131. The summed E-state index contributed by atoms with van der Waals surface area (Å²) in [7, 11) is 0. The number of hydrogen-bond donors (Lipinski definition) is 1. The lowest BCUT2D eigenvalue weighted by Crippen LogP contribution is -2.39. The molecule has 1 aromatic carbocycles. The van der Waals surface area contributed by atoms with Crippen LogP contribution in [0.5, 0.6) is 5.75 Å². The Kier molecular flexibility index (Phi) is 6.64. The molecule has 1 aliphatic carbocycles. The molecule has 1 aliphatic rings. The Morgan fingerprint density at radius 2 is 1.83 bits per heavy atom. The second-order valence-corrected chi connectivity index (χ2v) is 6.64. The minimum absolute atomic E-state index is 0.0601. The van der Waals surface area contributed by atoms with Crippen LogP contribution in [0.3, 0.4) is 0 Å². The van der Waals surface area contributed by atoms with E-state index in [4.69, 9.17) is 4.74 Å². The Morgan fingerprint density at radius 3 is 2.38 bits per heavy atom. The molecule has 24 heavy (non-hydrogen) atoms. The van der Waals surface area contributed by atoms with Gasteiger partial charge < -0.3 is 15.0 Å². The maximum Gasteiger partial charge on any atom is 0.226 e. The van der Waals surface area contributed by atoms with Crippen LogP contribution in [-0.4, -0.2) is 35.4 Å². The summed E-state index contributed by atoms with van der Waals surface area (Å²) < 4.78 is 5.58. The van der Waals surface area contributed by atoms with Gasteiger partial charge in [-0.15, -0.1) is 0 Å². The maximum atomic E-state index is 12.1. The fraction of sp³-hybridized carbons (Fsp3) is 0.579. The summed E-state index contributed by atoms with van der Waals surface area (Å²) in [6, 6.07) is 7.65. The van der Waals surface area contributed by atoms with Crippen molar-refractivity contribution in [3.8, 4) is 5.75 Å². The van der Waals surface area contributed by atoms with Crippen LogP contribution in [0.4, 0.5) is 5.69 Å². The molecule has 1 saturated carbocycles. The standard InChI is InChI=1S/C19H28N2O3/c1-14(2)24-18-10-8-16(9-11-18)20-19(23)12-13-21(15(3)22)17-6-4-5-7-17/h8-11,14,17H,4-7,12-13H2,1-3H3,(H,20,23). The van der Waals surface area contributed by atoms with Gasteiger partial charge in [0.05, 0.1) is 6.10 Å². The van der Waals surface area contributed by atoms with Crippen LogP contribution in [0.15, 0.2) is 24.3 Å². The van der Waals surface area contributed by atoms with E-state index < -0.39 is 0 Å². The number of nitrogens with one attached hydrogen (secondary N) is 1. The summed E-state index contributed by atoms with van der Waals surface area (Å²) >= 11 is 0. The molecular formula is C19H28N2O3. The molecule has 0 aromatic heterocycles. The number of benzene rings is 1. The average molecular weight is 332 g/mol. The van der Waals surface area contributed by atoms with Crippen molar-refractivity contribution in [3.63, 3.8) is 0 Å². The molecule has 0 bridgehead atoms. The number of ether oxygens (including phenoxy) is 1. The fourth-order valence-corrected chi connectivity index (χ4v) is 3.15. The molecule has 0 unspecified atom stereocenters. The molecule has 0 saturated heterocycles. The zero-order valence-electron chi connectivity index (χ0n) is 14.9. The molecule has 0 radical (unpaired) electrons. The highest BCUT2D eigenvalue weighted by Crippen LogP contribution is 2.24. The van der Waals surface area contributed by atoms with Gasteiger partial charge >= 0.3 is 0 Å². The number of nitrogens with zero attached hydrogens (tertiary/aromatic N) is 1. The fourth-order valence-electron chi connectivity index (χ4n) is 3.15. The van der Waals surface area contributed by atoms with Gasteiger partial charge in [-0.2, -0.15) is 0 Å². The van der Waals surface area contributed by atoms with Crippen molar-refractivity contribution in [2.45, 2.75) is 65.0 Å². The molecule has 1 aromatic rings. The molecule has 1 N–H and O–H groups in total. The van der Waals surface area contributed by atoms with E-state index in [1.165, 1.54) is 12.8 Å². The molecule has 5 heteroatoms. The Hall–Kier alpha value is -2.04. The van der Waals surface area contributed by atoms with Gasteiger partial charge in [0, 0.05) is 31.6 Å². The number of amides is 2. The van der Waals surface area contributed by atoms with E-state index in [9.17, 15) is 9.59 Å². The third-order valence-electron chi connectivity index (χ3n) is 4.26. The number of rotatable bonds is 7. The predicted molar refractivity (Wildman–Crippen MR) is 95.1 cm³/mol. The van der Waals surface area contributed by atoms with Crippen LogP contribution in [0, 0.1) is 0 Å². The quantitative estimate of drug-likeness (QED) is 0.830. The minimum Gasteiger partial charge on any atom is -0.491 e. The second-order valence-electron chi connectivity index (χ2n) is 6.64. The van der Waals surface area contributed by atoms with Crippen molar-refractivity contribution in [2.75, 3.05) is 11.9 Å². The van der Waals surface area contributed by atoms with E-state index >= 15 is 0 Å². The zero-order valence-corrected chi connectivity index (χ0v) is 14.9. The van der Waals surface area contributed by atoms with E-state index in [2.05, 4.69) is 5.32 Å². The molecule has 0 heterocycles. The van der Waals surface area contributed by atoms with E-state index in [1.54, 1.807) is 6.92 Å². The third-order valence-corrected chi connectivity index (χ3v) is 4.26. The number of anilines is 1. The first-order valence-corrected chi connectivity index (χ1v) is 8.79. The van der Waals surface area contributed by atoms with Gasteiger partial charge in [0.1, 0.15) is 5.75 Å². The summed E-state index contributed by atoms with van der Waals surface area (Å²) in [6.07, 6.45) is 4.90. The normalized spacial score (nSPS) is 14.7. The number of carbonyl (C=O) groups excluding carboxylic acids is 2. The van der Waals surface area contributed by atoms with Gasteiger partial charge in [0.2, 0.25) is 11.8 Å². The average Bonchev–Trinajstić information content (AvgIpc) is 3.02. The van der Waals surface area contributed by atoms with Crippen molar-refractivity contribution in [2.24, 2.45) is 0 Å². The van der Waals surface area contributed by atoms with Crippen molar-refractivity contribution in [3.05, 3.63) is 24.3 Å². The Balaban J connectivity index is 1.82. The SMILES string of the molecule is CC(=O)N(CCC(=O)Nc1ccc(OC(C)C)cc1)C1CCCC1. The van der Waals surface area contributed by atoms with Gasteiger partial charge in [-0.25, -0.2) is 0 Å². The first-order chi connectivity index (χ1) is 11.5. The summed E-state index contributed by atoms with van der Waals surface area (Å²) in [5, 5.41) is 2.87. The largest absolute Gasteiger partial charge is 0.491 e. The molecule has 0 atom stereocenters. The van der Waals surface area contributed by atoms with Crippen molar-refractivity contribution < 1.29 is 14.3 Å². The first-order valence-electron chi connectivity index (χ1n) is 8.79. The maximum absolute atomic E-state index is 12.1. The molecule has 0 aliphatic heterocycles. The number of carbonyl (C=O) groups is 2. The van der Waals surface area contributed by atoms with Crippen molar-refractivity contribution in [1.29, 1.82) is 0 Å². The molecule has 2 rings (SSSR count). The minimum atomic E-state index is -0.0724. The highest BCUT2D eigenvalue weighted by molar-refractivity contribution is 5.91. The van der Waals surface area contributed by atoms with E-state index in [1.807, 2.05) is 43.0 Å². The zero-order chi connectivity index (χ0) is 17.5. The van der Waals surface area contributed by atoms with Gasteiger partial charge in [-0.1, -0.05) is 12.8 Å². The number of hydrogen-bond acceptors (Lipinski definition) is 3. The summed E-state index contributed by atoms with van der Waals surface area (Å²) in [6.45, 7) is 6.02. The molecule has 132 valence electrons. The van der Waals surface area contributed by atoms with Gasteiger partial charge in [-0.05, 0) is 51.0 Å². The molecule has 0 spiro atoms. The van der Waals surface area contributed by atoms with Crippen LogP contribution in [0.25, 0.3) is 0 Å². The lowest BCUT2D eigenvalue weighted by atomic mass is 10.2. The summed E-state index contributed by atoms with van der Waals surface area (Å²) in [5.41, 5.74) is 0.742. The molecule has 2 amide bonds. The van der Waals surface area contributed by atoms with Gasteiger partial charge in [-0.3, -0.25) is 9.59 Å². The monoisotopic (exact) mass is 332 g/mol. The van der Waals surface area contributed by atoms with Crippen molar-refractivity contribution >= 4 is 17.5 Å². The first kappa shape index (κ1) is 18.3. The van der Waals surface area contributed by atoms with Crippen LogP contribution in [0.1, 0.15) is 52.9 Å².